The molecule has 0 aromatic carbocycles. The molecule has 0 spiro atoms. The van der Waals surface area contributed by atoms with E-state index in [1.165, 1.54) is 12.5 Å². The van der Waals surface area contributed by atoms with Crippen molar-refractivity contribution in [3.05, 3.63) is 49.1 Å². The van der Waals surface area contributed by atoms with Crippen molar-refractivity contribution in [2.24, 2.45) is 12.0 Å². The van der Waals surface area contributed by atoms with Crippen molar-refractivity contribution in [2.45, 2.75) is 26.8 Å². The van der Waals surface area contributed by atoms with Crippen LogP contribution in [0.15, 0.2) is 48.4 Å². The Morgan fingerprint density at radius 2 is 1.88 bits per heavy atom. The SMILES string of the molecule is C=C/N=C(\C(=C)C)C(=O)Nc1cc(-c2ncnc3c(C)nn(C)c23)cc(NC(=O)C(C)NC)n1. The van der Waals surface area contributed by atoms with E-state index < -0.39 is 11.9 Å². The molecule has 3 aromatic heterocycles. The molecule has 34 heavy (non-hydrogen) atoms. The lowest BCUT2D eigenvalue weighted by Crippen LogP contribution is -2.35. The Balaban J connectivity index is 2.13. The van der Waals surface area contributed by atoms with Gasteiger partial charge in [-0.05, 0) is 45.5 Å². The maximum Gasteiger partial charge on any atom is 0.275 e. The standard InChI is InChI=1S/C23H27N9O2/c1-8-25-18(12(2)3)23(34)30-17-10-15(9-16(28-17)29-22(33)14(5)24-6)20-21-19(26-11-27-20)13(4)31-32(21)7/h8-11,14,24H,1-2H2,3-7H3,(H2,28,29,30,33,34)/b25-18+. The zero-order chi connectivity index (χ0) is 25.0. The number of fused-ring (bicyclic) bond motifs is 1. The second-order valence-corrected chi connectivity index (χ2v) is 7.65. The molecule has 1 atom stereocenters. The number of pyridine rings is 1. The molecule has 0 fully saturated rings. The van der Waals surface area contributed by atoms with Crippen molar-refractivity contribution in [1.29, 1.82) is 0 Å². The van der Waals surface area contributed by atoms with Crippen molar-refractivity contribution >= 4 is 40.2 Å². The fraction of sp³-hybridized carbons (Fsp3) is 0.261. The Labute approximate surface area is 197 Å². The molecule has 2 amide bonds. The van der Waals surface area contributed by atoms with Crippen molar-refractivity contribution in [1.82, 2.24) is 30.0 Å². The minimum atomic E-state index is -0.512. The van der Waals surface area contributed by atoms with Gasteiger partial charge in [0.05, 0.1) is 17.4 Å². The van der Waals surface area contributed by atoms with Gasteiger partial charge in [-0.1, -0.05) is 13.2 Å². The highest BCUT2D eigenvalue weighted by Gasteiger charge is 2.19. The molecule has 1 unspecified atom stereocenters. The normalized spacial score (nSPS) is 12.3. The summed E-state index contributed by atoms with van der Waals surface area (Å²) < 4.78 is 1.69. The molecule has 3 N–H and O–H groups in total. The van der Waals surface area contributed by atoms with E-state index in [1.54, 1.807) is 44.8 Å². The van der Waals surface area contributed by atoms with Gasteiger partial charge in [0.2, 0.25) is 5.91 Å². The van der Waals surface area contributed by atoms with Crippen LogP contribution in [0.2, 0.25) is 0 Å². The average molecular weight is 462 g/mol. The highest BCUT2D eigenvalue weighted by Crippen LogP contribution is 2.29. The van der Waals surface area contributed by atoms with Crippen LogP contribution in [0.3, 0.4) is 0 Å². The minimum Gasteiger partial charge on any atom is -0.309 e. The molecule has 0 saturated heterocycles. The molecule has 0 radical (unpaired) electrons. The number of carbonyl (C=O) groups is 2. The van der Waals surface area contributed by atoms with Gasteiger partial charge in [-0.25, -0.2) is 15.0 Å². The monoisotopic (exact) mass is 461 g/mol. The Hall–Kier alpha value is -4.25. The number of nitrogens with one attached hydrogen (secondary N) is 3. The summed E-state index contributed by atoms with van der Waals surface area (Å²) in [5.41, 5.74) is 3.92. The van der Waals surface area contributed by atoms with Crippen LogP contribution >= 0.6 is 0 Å². The highest BCUT2D eigenvalue weighted by molar-refractivity contribution is 6.48. The first kappa shape index (κ1) is 24.4. The lowest BCUT2D eigenvalue weighted by atomic mass is 10.1. The van der Waals surface area contributed by atoms with Crippen LogP contribution < -0.4 is 16.0 Å². The van der Waals surface area contributed by atoms with Gasteiger partial charge in [-0.15, -0.1) is 0 Å². The van der Waals surface area contributed by atoms with E-state index in [-0.39, 0.29) is 23.3 Å². The van der Waals surface area contributed by atoms with Crippen LogP contribution in [-0.2, 0) is 16.6 Å². The molecule has 0 saturated carbocycles. The van der Waals surface area contributed by atoms with E-state index in [0.717, 1.165) is 5.69 Å². The molecular formula is C23H27N9O2. The number of likely N-dealkylation sites (N-methyl/N-ethyl adjacent to an activating group) is 1. The third-order valence-corrected chi connectivity index (χ3v) is 5.05. The zero-order valence-electron chi connectivity index (χ0n) is 19.8. The maximum absolute atomic E-state index is 12.8. The number of hydrogen-bond donors (Lipinski definition) is 3. The predicted octanol–water partition coefficient (Wildman–Crippen LogP) is 2.38. The van der Waals surface area contributed by atoms with Crippen LogP contribution in [0.5, 0.6) is 0 Å². The lowest BCUT2D eigenvalue weighted by Gasteiger charge is -2.14. The molecular weight excluding hydrogens is 434 g/mol. The van der Waals surface area contributed by atoms with E-state index in [0.29, 0.717) is 27.9 Å². The van der Waals surface area contributed by atoms with Gasteiger partial charge >= 0.3 is 0 Å². The summed E-state index contributed by atoms with van der Waals surface area (Å²) in [5.74, 6) is -0.367. The van der Waals surface area contributed by atoms with E-state index in [2.05, 4.69) is 54.2 Å². The lowest BCUT2D eigenvalue weighted by molar-refractivity contribution is -0.117. The molecule has 0 bridgehead atoms. The Bertz CT molecular complexity index is 1320. The first-order chi connectivity index (χ1) is 16.2. The van der Waals surface area contributed by atoms with Crippen molar-refractivity contribution < 1.29 is 9.59 Å². The van der Waals surface area contributed by atoms with Crippen LogP contribution in [0.4, 0.5) is 11.6 Å². The van der Waals surface area contributed by atoms with E-state index in [4.69, 9.17) is 0 Å². The van der Waals surface area contributed by atoms with E-state index in [1.807, 2.05) is 6.92 Å². The third-order valence-electron chi connectivity index (χ3n) is 5.05. The quantitative estimate of drug-likeness (QED) is 0.438. The van der Waals surface area contributed by atoms with Gasteiger partial charge in [-0.3, -0.25) is 19.3 Å². The topological polar surface area (TPSA) is 139 Å². The first-order valence-corrected chi connectivity index (χ1v) is 10.5. The Morgan fingerprint density at radius 1 is 1.21 bits per heavy atom. The summed E-state index contributed by atoms with van der Waals surface area (Å²) in [5, 5.41) is 12.8. The number of rotatable bonds is 8. The molecule has 11 nitrogen and oxygen atoms in total. The maximum atomic E-state index is 12.8. The van der Waals surface area contributed by atoms with Gasteiger partial charge in [0, 0.05) is 18.8 Å². The number of aryl methyl sites for hydroxylation is 2. The minimum absolute atomic E-state index is 0.114. The van der Waals surface area contributed by atoms with Gasteiger partial charge in [-0.2, -0.15) is 5.10 Å². The molecule has 176 valence electrons. The fourth-order valence-electron chi connectivity index (χ4n) is 3.27. The number of carbonyl (C=O) groups excluding carboxylic acids is 2. The van der Waals surface area contributed by atoms with E-state index in [9.17, 15) is 9.59 Å². The molecule has 3 aromatic rings. The predicted molar refractivity (Wildman–Crippen MR) is 132 cm³/mol. The van der Waals surface area contributed by atoms with Crippen LogP contribution in [0.25, 0.3) is 22.3 Å². The van der Waals surface area contributed by atoms with Crippen molar-refractivity contribution in [2.75, 3.05) is 17.7 Å². The summed E-state index contributed by atoms with van der Waals surface area (Å²) >= 11 is 0. The number of aromatic nitrogens is 5. The van der Waals surface area contributed by atoms with E-state index >= 15 is 0 Å². The van der Waals surface area contributed by atoms with Crippen molar-refractivity contribution in [3.8, 4) is 11.3 Å². The molecule has 11 heteroatoms. The first-order valence-electron chi connectivity index (χ1n) is 10.5. The number of anilines is 2. The van der Waals surface area contributed by atoms with Gasteiger partial charge in [0.15, 0.2) is 0 Å². The second kappa shape index (κ2) is 10.1. The summed E-state index contributed by atoms with van der Waals surface area (Å²) in [4.78, 5) is 42.5. The Morgan fingerprint density at radius 3 is 2.50 bits per heavy atom. The number of amides is 2. The molecule has 0 aliphatic rings. The second-order valence-electron chi connectivity index (χ2n) is 7.65. The van der Waals surface area contributed by atoms with Crippen LogP contribution in [0.1, 0.15) is 19.5 Å². The smallest absolute Gasteiger partial charge is 0.275 e. The average Bonchev–Trinajstić information content (AvgIpc) is 3.09. The van der Waals surface area contributed by atoms with Crippen LogP contribution in [-0.4, -0.2) is 55.3 Å². The fourth-order valence-corrected chi connectivity index (χ4v) is 3.27. The van der Waals surface area contributed by atoms with Gasteiger partial charge in [0.25, 0.3) is 5.91 Å². The van der Waals surface area contributed by atoms with Gasteiger partial charge in [0.1, 0.15) is 34.7 Å². The molecule has 3 rings (SSSR count). The van der Waals surface area contributed by atoms with Crippen molar-refractivity contribution in [3.63, 3.8) is 0 Å². The molecule has 0 aliphatic carbocycles. The highest BCUT2D eigenvalue weighted by atomic mass is 16.2. The molecule has 3 heterocycles. The Kier molecular flexibility index (Phi) is 7.27. The summed E-state index contributed by atoms with van der Waals surface area (Å²) in [6, 6.07) is 2.88. The summed E-state index contributed by atoms with van der Waals surface area (Å²) in [7, 11) is 3.48. The summed E-state index contributed by atoms with van der Waals surface area (Å²) in [6.07, 6.45) is 2.71. The third kappa shape index (κ3) is 5.04. The van der Waals surface area contributed by atoms with Gasteiger partial charge < -0.3 is 16.0 Å². The molecule has 0 aliphatic heterocycles. The van der Waals surface area contributed by atoms with Crippen LogP contribution in [0, 0.1) is 6.92 Å². The largest absolute Gasteiger partial charge is 0.309 e. The number of aliphatic imine (C=N–C) groups is 1. The zero-order valence-corrected chi connectivity index (χ0v) is 19.8. The number of nitrogens with zero attached hydrogens (tertiary/aromatic N) is 6. The number of hydrogen-bond acceptors (Lipinski definition) is 8. The summed E-state index contributed by atoms with van der Waals surface area (Å²) in [6.45, 7) is 12.6.